The normalized spacial score (nSPS) is 14.0. The second kappa shape index (κ2) is 13.7. The Hall–Kier alpha value is -6.76. The van der Waals surface area contributed by atoms with E-state index < -0.39 is 0 Å². The van der Waals surface area contributed by atoms with Crippen LogP contribution in [0.15, 0.2) is 140 Å². The van der Waals surface area contributed by atoms with E-state index in [9.17, 15) is 0 Å². The van der Waals surface area contributed by atoms with Gasteiger partial charge in [0.2, 0.25) is 0 Å². The van der Waals surface area contributed by atoms with E-state index in [4.69, 9.17) is 0 Å². The highest BCUT2D eigenvalue weighted by Crippen LogP contribution is 2.61. The Morgan fingerprint density at radius 2 is 0.866 bits per heavy atom. The van der Waals surface area contributed by atoms with Gasteiger partial charge in [-0.05, 0) is 210 Å². The van der Waals surface area contributed by atoms with Crippen LogP contribution < -0.4 is 0 Å². The van der Waals surface area contributed by atoms with Crippen LogP contribution >= 0.6 is 0 Å². The van der Waals surface area contributed by atoms with E-state index in [1.54, 1.807) is 0 Å². The first-order valence-corrected chi connectivity index (χ1v) is 24.7. The van der Waals surface area contributed by atoms with E-state index in [2.05, 4.69) is 216 Å². The molecule has 0 amide bonds. The van der Waals surface area contributed by atoms with Gasteiger partial charge in [-0.1, -0.05) is 183 Å². The predicted molar refractivity (Wildman–Crippen MR) is 292 cm³/mol. The molecular formula is C67H58. The van der Waals surface area contributed by atoms with Crippen LogP contribution in [0.2, 0.25) is 0 Å². The van der Waals surface area contributed by atoms with Gasteiger partial charge in [0.25, 0.3) is 0 Å². The van der Waals surface area contributed by atoms with Gasteiger partial charge in [-0.2, -0.15) is 0 Å². The molecule has 0 saturated carbocycles. The summed E-state index contributed by atoms with van der Waals surface area (Å²) in [7, 11) is 0. The molecule has 0 bridgehead atoms. The maximum atomic E-state index is 2.63. The number of hydrogen-bond acceptors (Lipinski definition) is 0. The van der Waals surface area contributed by atoms with Crippen molar-refractivity contribution in [2.75, 3.05) is 0 Å². The highest BCUT2D eigenvalue weighted by Gasteiger charge is 2.39. The van der Waals surface area contributed by atoms with Crippen LogP contribution in [0, 0.1) is 13.8 Å². The van der Waals surface area contributed by atoms with Crippen molar-refractivity contribution in [1.29, 1.82) is 0 Å². The average Bonchev–Trinajstić information content (AvgIpc) is 3.75. The molecule has 11 aromatic carbocycles. The van der Waals surface area contributed by atoms with Crippen molar-refractivity contribution in [3.63, 3.8) is 0 Å². The molecule has 326 valence electrons. The summed E-state index contributed by atoms with van der Waals surface area (Å²) in [5.74, 6) is 0.629. The molecule has 0 heteroatoms. The van der Waals surface area contributed by atoms with Crippen LogP contribution in [0.1, 0.15) is 113 Å². The van der Waals surface area contributed by atoms with Crippen LogP contribution in [0.4, 0.5) is 0 Å². The van der Waals surface area contributed by atoms with E-state index in [0.717, 1.165) is 0 Å². The van der Waals surface area contributed by atoms with Gasteiger partial charge in [-0.3, -0.25) is 0 Å². The molecule has 0 saturated heterocycles. The first-order chi connectivity index (χ1) is 32.1. The Labute approximate surface area is 395 Å². The van der Waals surface area contributed by atoms with Crippen molar-refractivity contribution < 1.29 is 0 Å². The fourth-order valence-corrected chi connectivity index (χ4v) is 12.9. The van der Waals surface area contributed by atoms with Gasteiger partial charge in [-0.15, -0.1) is 0 Å². The van der Waals surface area contributed by atoms with Crippen molar-refractivity contribution in [1.82, 2.24) is 0 Å². The number of benzene rings is 11. The molecule has 0 spiro atoms. The van der Waals surface area contributed by atoms with Gasteiger partial charge >= 0.3 is 0 Å². The molecule has 2 aliphatic carbocycles. The smallest absolute Gasteiger partial charge is 0.0159 e. The van der Waals surface area contributed by atoms with Gasteiger partial charge < -0.3 is 0 Å². The van der Waals surface area contributed by atoms with Crippen molar-refractivity contribution in [3.05, 3.63) is 178 Å². The second-order valence-corrected chi connectivity index (χ2v) is 22.5. The molecule has 0 aromatic heterocycles. The Bertz CT molecular complexity index is 3840. The van der Waals surface area contributed by atoms with Gasteiger partial charge in [0.1, 0.15) is 0 Å². The van der Waals surface area contributed by atoms with Crippen LogP contribution in [0.3, 0.4) is 0 Å². The van der Waals surface area contributed by atoms with Crippen molar-refractivity contribution in [2.45, 2.75) is 98.8 Å². The number of rotatable bonds is 4. The second-order valence-electron chi connectivity index (χ2n) is 22.5. The molecule has 2 aliphatic rings. The van der Waals surface area contributed by atoms with E-state index >= 15 is 0 Å². The van der Waals surface area contributed by atoms with E-state index in [1.807, 2.05) is 0 Å². The Morgan fingerprint density at radius 3 is 1.39 bits per heavy atom. The van der Waals surface area contributed by atoms with Crippen LogP contribution in [-0.2, 0) is 10.8 Å². The molecule has 0 heterocycles. The Morgan fingerprint density at radius 1 is 0.373 bits per heavy atom. The maximum absolute atomic E-state index is 2.63. The van der Waals surface area contributed by atoms with Crippen LogP contribution in [0.5, 0.6) is 0 Å². The molecule has 0 radical (unpaired) electrons. The zero-order valence-electron chi connectivity index (χ0n) is 40.9. The summed E-state index contributed by atoms with van der Waals surface area (Å²) < 4.78 is 0. The number of hydrogen-bond donors (Lipinski definition) is 0. The molecule has 0 atom stereocenters. The van der Waals surface area contributed by atoms with Gasteiger partial charge in [-0.25, -0.2) is 0 Å². The summed E-state index contributed by atoms with van der Waals surface area (Å²) in [6.45, 7) is 26.0. The quantitative estimate of drug-likeness (QED) is 0.122. The predicted octanol–water partition coefficient (Wildman–Crippen LogP) is 19.5. The van der Waals surface area contributed by atoms with Crippen molar-refractivity contribution in [3.8, 4) is 55.6 Å². The molecule has 0 aliphatic heterocycles. The molecule has 0 N–H and O–H groups in total. The van der Waals surface area contributed by atoms with Crippen LogP contribution in [-0.4, -0.2) is 0 Å². The lowest BCUT2D eigenvalue weighted by Crippen LogP contribution is -2.17. The third-order valence-corrected chi connectivity index (χ3v) is 16.3. The lowest BCUT2D eigenvalue weighted by molar-refractivity contribution is 0.585. The van der Waals surface area contributed by atoms with Crippen LogP contribution in [0.25, 0.3) is 120 Å². The monoisotopic (exact) mass is 862 g/mol. The SMILES string of the molecule is Cc1ccc(-c2c3ccccc3c(-c3ccc(C)cc3)c3cc4c(cc23)-c2c(C(C)C)cc3c5cccc6c7c(cc(c8cc(C(C)C)c-4c2c38)c65)C(C)(C)c2cc(C(C)(C)C)ccc2-7)cc1. The molecule has 0 unspecified atom stereocenters. The highest BCUT2D eigenvalue weighted by atomic mass is 14.4. The third-order valence-electron chi connectivity index (χ3n) is 16.3. The van der Waals surface area contributed by atoms with E-state index in [1.165, 1.54) is 159 Å². The summed E-state index contributed by atoms with van der Waals surface area (Å²) in [4.78, 5) is 0. The topological polar surface area (TPSA) is 0 Å². The van der Waals surface area contributed by atoms with E-state index in [-0.39, 0.29) is 10.8 Å². The number of fused-ring (bicyclic) bond motifs is 11. The molecule has 0 fully saturated rings. The Kier molecular flexibility index (Phi) is 8.27. The molecule has 67 heavy (non-hydrogen) atoms. The largest absolute Gasteiger partial charge is 0.0616 e. The summed E-state index contributed by atoms with van der Waals surface area (Å²) in [6, 6.07) is 55.2. The van der Waals surface area contributed by atoms with E-state index in [0.29, 0.717) is 11.8 Å². The first-order valence-electron chi connectivity index (χ1n) is 24.7. The first kappa shape index (κ1) is 40.5. The average molecular weight is 863 g/mol. The minimum atomic E-state index is -0.141. The lowest BCUT2D eigenvalue weighted by Gasteiger charge is -2.26. The molecule has 13 rings (SSSR count). The summed E-state index contributed by atoms with van der Waals surface area (Å²) in [5, 5.41) is 16.4. The maximum Gasteiger partial charge on any atom is 0.0159 e. The summed E-state index contributed by atoms with van der Waals surface area (Å²) >= 11 is 0. The fourth-order valence-electron chi connectivity index (χ4n) is 12.9. The molecular weight excluding hydrogens is 805 g/mol. The zero-order valence-corrected chi connectivity index (χ0v) is 40.9. The number of aryl methyl sites for hydroxylation is 2. The fraction of sp³-hybridized carbons (Fsp3) is 0.224. The van der Waals surface area contributed by atoms with Gasteiger partial charge in [0.05, 0.1) is 0 Å². The van der Waals surface area contributed by atoms with Crippen molar-refractivity contribution >= 4 is 64.6 Å². The van der Waals surface area contributed by atoms with Gasteiger partial charge in [0, 0.05) is 5.41 Å². The van der Waals surface area contributed by atoms with Gasteiger partial charge in [0.15, 0.2) is 0 Å². The minimum absolute atomic E-state index is 0.0743. The molecule has 11 aromatic rings. The third kappa shape index (κ3) is 5.42. The highest BCUT2D eigenvalue weighted by molar-refractivity contribution is 6.39. The summed E-state index contributed by atoms with van der Waals surface area (Å²) in [5.41, 5.74) is 23.3. The van der Waals surface area contributed by atoms with Crippen molar-refractivity contribution in [2.24, 2.45) is 0 Å². The zero-order chi connectivity index (χ0) is 46.2. The standard InChI is InChI=1S/C67H58/c1-35(2)47-30-49-44-17-14-18-46-60(44)55(34-57-61(46)45-28-27-41(66(7,8)9)29-56(45)67(57,10)11)52-31-48(36(3)4)63-54-33-51-50(32-53(54)62(47)65(63)64(49)52)58(39-23-19-37(5)20-24-39)42-15-12-13-16-43(42)59(51)40-25-21-38(6)22-26-40/h12-36H,1-11H3. The molecule has 0 nitrogen and oxygen atoms in total. The lowest BCUT2D eigenvalue weighted by atomic mass is 9.77. The summed E-state index contributed by atoms with van der Waals surface area (Å²) in [6.07, 6.45) is 0. The minimum Gasteiger partial charge on any atom is -0.0616 e. The Balaban J connectivity index is 1.21.